The van der Waals surface area contributed by atoms with E-state index in [2.05, 4.69) is 55.5 Å². The van der Waals surface area contributed by atoms with Crippen LogP contribution in [0.5, 0.6) is 0 Å². The van der Waals surface area contributed by atoms with Crippen molar-refractivity contribution in [3.8, 4) is 0 Å². The number of nitrogens with one attached hydrogen (secondary N) is 1. The van der Waals surface area contributed by atoms with Crippen molar-refractivity contribution in [2.75, 3.05) is 7.05 Å². The molecule has 0 atom stereocenters. The fourth-order valence-corrected chi connectivity index (χ4v) is 1.50. The van der Waals surface area contributed by atoms with E-state index < -0.39 is 0 Å². The van der Waals surface area contributed by atoms with Gasteiger partial charge in [-0.2, -0.15) is 0 Å². The molecular weight excluding hydrogens is 348 g/mol. The smallest absolute Gasteiger partial charge is 0.154 e. The third-order valence-electron chi connectivity index (χ3n) is 2.62. The Kier molecular flexibility index (Phi) is 25.3. The highest BCUT2D eigenvalue weighted by Crippen LogP contribution is 1.94. The molecule has 1 N–H and O–H groups in total. The van der Waals surface area contributed by atoms with Gasteiger partial charge in [0.15, 0.2) is 5.78 Å². The van der Waals surface area contributed by atoms with Gasteiger partial charge in [-0.25, -0.2) is 4.68 Å². The molecule has 5 nitrogen and oxygen atoms in total. The topological polar surface area (TPSA) is 59.8 Å². The molecule has 0 bridgehead atoms. The van der Waals surface area contributed by atoms with E-state index >= 15 is 0 Å². The molecule has 28 heavy (non-hydrogen) atoms. The molecule has 0 unspecified atom stereocenters. The lowest BCUT2D eigenvalue weighted by Gasteiger charge is -1.95. The summed E-state index contributed by atoms with van der Waals surface area (Å²) in [6.45, 7) is 19.4. The van der Waals surface area contributed by atoms with Crippen LogP contribution in [0.1, 0.15) is 73.1 Å². The van der Waals surface area contributed by atoms with Crippen LogP contribution in [0.25, 0.3) is 0 Å². The van der Waals surface area contributed by atoms with Crippen LogP contribution in [0.3, 0.4) is 0 Å². The van der Waals surface area contributed by atoms with Gasteiger partial charge in [-0.05, 0) is 19.9 Å². The number of aromatic nitrogens is 3. The van der Waals surface area contributed by atoms with E-state index in [1.165, 1.54) is 5.56 Å². The summed E-state index contributed by atoms with van der Waals surface area (Å²) in [6, 6.07) is 10.3. The van der Waals surface area contributed by atoms with Crippen LogP contribution in [0.2, 0.25) is 0 Å². The quantitative estimate of drug-likeness (QED) is 0.710. The monoisotopic (exact) mass is 392 g/mol. The third-order valence-corrected chi connectivity index (χ3v) is 2.62. The van der Waals surface area contributed by atoms with Gasteiger partial charge in [-0.3, -0.25) is 4.79 Å². The molecule has 2 aromatic rings. The molecule has 0 aliphatic rings. The first kappa shape index (κ1) is 30.7. The van der Waals surface area contributed by atoms with Gasteiger partial charge in [0.1, 0.15) is 6.54 Å². The lowest BCUT2D eigenvalue weighted by molar-refractivity contribution is -0.119. The van der Waals surface area contributed by atoms with Crippen LogP contribution in [-0.2, 0) is 17.9 Å². The van der Waals surface area contributed by atoms with Crippen LogP contribution in [0, 0.1) is 12.8 Å². The van der Waals surface area contributed by atoms with Crippen molar-refractivity contribution in [3.05, 3.63) is 47.8 Å². The van der Waals surface area contributed by atoms with E-state index in [1.807, 2.05) is 59.9 Å². The Labute approximate surface area is 173 Å². The zero-order valence-electron chi connectivity index (χ0n) is 19.9. The van der Waals surface area contributed by atoms with E-state index in [-0.39, 0.29) is 5.78 Å². The molecule has 1 aromatic heterocycles. The fourth-order valence-electron chi connectivity index (χ4n) is 1.50. The molecule has 1 aromatic carbocycles. The van der Waals surface area contributed by atoms with E-state index in [9.17, 15) is 4.79 Å². The molecule has 0 spiro atoms. The van der Waals surface area contributed by atoms with Crippen LogP contribution >= 0.6 is 0 Å². The Morgan fingerprint density at radius 2 is 1.57 bits per heavy atom. The molecule has 0 saturated heterocycles. The van der Waals surface area contributed by atoms with Crippen molar-refractivity contribution in [2.24, 2.45) is 5.92 Å². The molecule has 1 heterocycles. The Bertz CT molecular complexity index is 548. The second kappa shape index (κ2) is 23.0. The first-order chi connectivity index (χ1) is 13.4. The van der Waals surface area contributed by atoms with Gasteiger partial charge in [0, 0.05) is 13.0 Å². The summed E-state index contributed by atoms with van der Waals surface area (Å²) in [5.74, 6) is 1.00. The summed E-state index contributed by atoms with van der Waals surface area (Å²) in [4.78, 5) is 11.0. The Hall–Kier alpha value is -2.01. The Morgan fingerprint density at radius 3 is 1.93 bits per heavy atom. The van der Waals surface area contributed by atoms with Gasteiger partial charge in [0.2, 0.25) is 0 Å². The van der Waals surface area contributed by atoms with E-state index in [4.69, 9.17) is 0 Å². The average molecular weight is 393 g/mol. The van der Waals surface area contributed by atoms with Crippen molar-refractivity contribution >= 4 is 5.78 Å². The molecule has 0 fully saturated rings. The number of Topliss-reactive ketones (excluding diaryl/α,β-unsaturated/α-hetero) is 1. The summed E-state index contributed by atoms with van der Waals surface area (Å²) in [7, 11) is 1.84. The molecule has 0 amide bonds. The second-order valence-electron chi connectivity index (χ2n) is 6.22. The summed E-state index contributed by atoms with van der Waals surface area (Å²) < 4.78 is 1.57. The van der Waals surface area contributed by atoms with E-state index in [0.717, 1.165) is 11.6 Å². The molecular formula is C23H44N4O. The minimum absolute atomic E-state index is 0.168. The number of ketones is 1. The third kappa shape index (κ3) is 22.0. The van der Waals surface area contributed by atoms with Gasteiger partial charge >= 0.3 is 0 Å². The van der Waals surface area contributed by atoms with Crippen LogP contribution in [0.15, 0.2) is 36.5 Å². The van der Waals surface area contributed by atoms with Gasteiger partial charge in [0.25, 0.3) is 0 Å². The molecule has 0 aliphatic heterocycles. The number of nitrogens with zero attached hydrogens (tertiary/aromatic N) is 3. The molecule has 162 valence electrons. The van der Waals surface area contributed by atoms with Crippen LogP contribution in [0.4, 0.5) is 0 Å². The molecule has 0 aliphatic carbocycles. The maximum absolute atomic E-state index is 11.0. The number of carbonyl (C=O) groups is 1. The second-order valence-corrected chi connectivity index (χ2v) is 6.22. The molecule has 0 radical (unpaired) electrons. The predicted molar refractivity (Wildman–Crippen MR) is 122 cm³/mol. The van der Waals surface area contributed by atoms with Crippen molar-refractivity contribution < 1.29 is 4.79 Å². The van der Waals surface area contributed by atoms with E-state index in [1.54, 1.807) is 10.9 Å². The predicted octanol–water partition coefficient (Wildman–Crippen LogP) is 5.69. The lowest BCUT2D eigenvalue weighted by atomic mass is 10.2. The number of rotatable bonds is 5. The highest BCUT2D eigenvalue weighted by Gasteiger charge is 2.02. The first-order valence-electron chi connectivity index (χ1n) is 10.5. The number of aryl methyl sites for hydroxylation is 1. The van der Waals surface area contributed by atoms with Crippen molar-refractivity contribution in [1.82, 2.24) is 20.3 Å². The zero-order chi connectivity index (χ0) is 22.4. The number of benzene rings is 1. The van der Waals surface area contributed by atoms with Crippen LogP contribution < -0.4 is 5.32 Å². The Morgan fingerprint density at radius 1 is 1.07 bits per heavy atom. The minimum Gasteiger partial charge on any atom is -0.314 e. The molecule has 2 rings (SSSR count). The first-order valence-corrected chi connectivity index (χ1v) is 10.5. The summed E-state index contributed by atoms with van der Waals surface area (Å²) in [5.41, 5.74) is 2.17. The SMILES string of the molecule is CC.CC.CC(C)C.CCC(=O)Cn1cc(CNC)nn1.Cc1ccccc1. The molecule has 5 heteroatoms. The summed E-state index contributed by atoms with van der Waals surface area (Å²) in [5, 5.41) is 10.7. The van der Waals surface area contributed by atoms with Crippen molar-refractivity contribution in [2.45, 2.75) is 81.8 Å². The lowest BCUT2D eigenvalue weighted by Crippen LogP contribution is -2.09. The Balaban J connectivity index is -0.000000350. The summed E-state index contributed by atoms with van der Waals surface area (Å²) >= 11 is 0. The molecule has 0 saturated carbocycles. The summed E-state index contributed by atoms with van der Waals surface area (Å²) in [6.07, 6.45) is 2.32. The standard InChI is InChI=1S/C8H14N4O.C7H8.C4H10.2C2H6/c1-3-8(13)6-12-5-7(4-9-2)10-11-12;1-7-5-3-2-4-6-7;1-4(2)3;2*1-2/h5,9H,3-4,6H2,1-2H3;2-6H,1H3;4H,1-3H3;2*1-2H3. The van der Waals surface area contributed by atoms with Crippen molar-refractivity contribution in [1.29, 1.82) is 0 Å². The zero-order valence-corrected chi connectivity index (χ0v) is 19.9. The number of hydrogen-bond donors (Lipinski definition) is 1. The van der Waals surface area contributed by atoms with Crippen molar-refractivity contribution in [3.63, 3.8) is 0 Å². The number of hydrogen-bond acceptors (Lipinski definition) is 4. The van der Waals surface area contributed by atoms with Crippen LogP contribution in [-0.4, -0.2) is 27.8 Å². The largest absolute Gasteiger partial charge is 0.314 e. The highest BCUT2D eigenvalue weighted by molar-refractivity contribution is 5.77. The minimum atomic E-state index is 0.168. The van der Waals surface area contributed by atoms with Gasteiger partial charge in [-0.1, -0.05) is 96.5 Å². The van der Waals surface area contributed by atoms with Gasteiger partial charge in [0.05, 0.1) is 11.9 Å². The highest BCUT2D eigenvalue weighted by atomic mass is 16.1. The maximum Gasteiger partial charge on any atom is 0.154 e. The number of carbonyl (C=O) groups excluding carboxylic acids is 1. The fraction of sp³-hybridized carbons (Fsp3) is 0.609. The average Bonchev–Trinajstić information content (AvgIpc) is 3.13. The maximum atomic E-state index is 11.0. The van der Waals surface area contributed by atoms with Gasteiger partial charge in [-0.15, -0.1) is 5.10 Å². The normalized spacial score (nSPS) is 8.68. The van der Waals surface area contributed by atoms with Gasteiger partial charge < -0.3 is 5.32 Å². The van der Waals surface area contributed by atoms with E-state index in [0.29, 0.717) is 19.5 Å².